The van der Waals surface area contributed by atoms with Gasteiger partial charge in [-0.2, -0.15) is 11.2 Å². The smallest absolute Gasteiger partial charge is 0.224 e. The number of aromatic nitrogens is 2. The van der Waals surface area contributed by atoms with E-state index < -0.39 is 0 Å². The molecule has 0 atom stereocenters. The molecule has 2 aromatic rings. The van der Waals surface area contributed by atoms with E-state index in [1.807, 2.05) is 0 Å². The maximum atomic E-state index is 12.6. The van der Waals surface area contributed by atoms with Crippen molar-refractivity contribution in [2.24, 2.45) is 0 Å². The van der Waals surface area contributed by atoms with E-state index in [-0.39, 0.29) is 25.9 Å². The van der Waals surface area contributed by atoms with E-state index in [1.54, 1.807) is 12.3 Å². The van der Waals surface area contributed by atoms with E-state index in [0.29, 0.717) is 11.4 Å². The molecule has 0 aliphatic rings. The third-order valence-electron chi connectivity index (χ3n) is 1.70. The maximum absolute atomic E-state index is 12.6. The summed E-state index contributed by atoms with van der Waals surface area (Å²) in [6.45, 7) is 6.76. The normalized spacial score (nSPS) is 9.07. The Morgan fingerprint density at radius 2 is 2.27 bits per heavy atom. The Morgan fingerprint density at radius 3 is 2.80 bits per heavy atom. The number of nitrogens with zero attached hydrogens (tertiary/aromatic N) is 3. The molecule has 0 bridgehead atoms. The molecule has 0 aliphatic carbocycles. The SMILES string of the molecule is [C-]#[N+]c1cnn(-c2[c-]cc(F)cc2)c1.[Ir]. The van der Waals surface area contributed by atoms with Crippen LogP contribution in [0, 0.1) is 18.5 Å². The van der Waals surface area contributed by atoms with Crippen LogP contribution in [0.3, 0.4) is 0 Å². The Morgan fingerprint density at radius 1 is 1.47 bits per heavy atom. The summed E-state index contributed by atoms with van der Waals surface area (Å²) in [5.74, 6) is -0.341. The van der Waals surface area contributed by atoms with E-state index in [1.165, 1.54) is 23.0 Å². The molecule has 0 spiro atoms. The van der Waals surface area contributed by atoms with Crippen molar-refractivity contribution in [3.05, 3.63) is 53.9 Å². The van der Waals surface area contributed by atoms with Crippen molar-refractivity contribution in [3.63, 3.8) is 0 Å². The van der Waals surface area contributed by atoms with Gasteiger partial charge in [-0.3, -0.25) is 9.07 Å². The van der Waals surface area contributed by atoms with Gasteiger partial charge in [0.1, 0.15) is 0 Å². The van der Waals surface area contributed by atoms with Gasteiger partial charge in [-0.05, 0) is 5.69 Å². The van der Waals surface area contributed by atoms with E-state index >= 15 is 0 Å². The van der Waals surface area contributed by atoms with E-state index in [0.717, 1.165) is 0 Å². The molecule has 0 aliphatic heterocycles. The number of hydrogen-bond acceptors (Lipinski definition) is 1. The topological polar surface area (TPSA) is 22.2 Å². The van der Waals surface area contributed by atoms with Crippen molar-refractivity contribution in [1.82, 2.24) is 9.78 Å². The van der Waals surface area contributed by atoms with Gasteiger partial charge in [0.05, 0.1) is 12.8 Å². The summed E-state index contributed by atoms with van der Waals surface area (Å²) >= 11 is 0. The van der Waals surface area contributed by atoms with Gasteiger partial charge >= 0.3 is 0 Å². The quantitative estimate of drug-likeness (QED) is 0.699. The van der Waals surface area contributed by atoms with Crippen LogP contribution in [0.25, 0.3) is 10.5 Å². The zero-order valence-electron chi connectivity index (χ0n) is 7.44. The second kappa shape index (κ2) is 4.83. The van der Waals surface area contributed by atoms with Crippen LogP contribution >= 0.6 is 0 Å². The summed E-state index contributed by atoms with van der Waals surface area (Å²) in [4.78, 5) is 3.21. The first-order valence-corrected chi connectivity index (χ1v) is 3.89. The van der Waals surface area contributed by atoms with E-state index in [9.17, 15) is 4.39 Å². The fraction of sp³-hybridized carbons (Fsp3) is 0. The molecule has 0 N–H and O–H groups in total. The van der Waals surface area contributed by atoms with E-state index in [4.69, 9.17) is 6.57 Å². The van der Waals surface area contributed by atoms with Gasteiger partial charge in [0.15, 0.2) is 0 Å². The largest absolute Gasteiger partial charge is 0.284 e. The third kappa shape index (κ3) is 2.50. The zero-order chi connectivity index (χ0) is 9.97. The second-order valence-electron chi connectivity index (χ2n) is 2.65. The second-order valence-corrected chi connectivity index (χ2v) is 2.65. The molecule has 3 nitrogen and oxygen atoms in total. The van der Waals surface area contributed by atoms with Crippen LogP contribution in [-0.4, -0.2) is 9.78 Å². The molecule has 2 rings (SSSR count). The van der Waals surface area contributed by atoms with Crippen LogP contribution in [0.5, 0.6) is 0 Å². The summed E-state index contributed by atoms with van der Waals surface area (Å²) < 4.78 is 14.0. The summed E-state index contributed by atoms with van der Waals surface area (Å²) in [6, 6.07) is 6.82. The van der Waals surface area contributed by atoms with Crippen molar-refractivity contribution >= 4 is 5.69 Å². The Bertz CT molecular complexity index is 484. The summed E-state index contributed by atoms with van der Waals surface area (Å²) in [5.41, 5.74) is 1.06. The van der Waals surface area contributed by atoms with Gasteiger partial charge < -0.3 is 0 Å². The fourth-order valence-electron chi connectivity index (χ4n) is 1.04. The van der Waals surface area contributed by atoms with Crippen molar-refractivity contribution in [1.29, 1.82) is 0 Å². The average molecular weight is 378 g/mol. The Balaban J connectivity index is 0.00000112. The number of hydrogen-bond donors (Lipinski definition) is 0. The molecule has 0 fully saturated rings. The summed E-state index contributed by atoms with van der Waals surface area (Å²) in [7, 11) is 0. The number of benzene rings is 1. The predicted molar refractivity (Wildman–Crippen MR) is 48.6 cm³/mol. The molecule has 5 heteroatoms. The van der Waals surface area contributed by atoms with Crippen LogP contribution in [0.4, 0.5) is 10.1 Å². The molecule has 77 valence electrons. The molecule has 1 aromatic heterocycles. The first-order chi connectivity index (χ1) is 6.79. The first kappa shape index (κ1) is 11.6. The fourth-order valence-corrected chi connectivity index (χ4v) is 1.04. The minimum Gasteiger partial charge on any atom is -0.284 e. The Hall–Kier alpha value is -1.50. The zero-order valence-corrected chi connectivity index (χ0v) is 9.83. The predicted octanol–water partition coefficient (Wildman–Crippen LogP) is 2.36. The number of rotatable bonds is 1. The summed E-state index contributed by atoms with van der Waals surface area (Å²) in [6.07, 6.45) is 3.01. The molecule has 1 heterocycles. The standard InChI is InChI=1S/C10H5FN3.Ir/c1-12-9-6-13-14(7-9)10-4-2-8(11)3-5-10;/h2-4,6-7H;/q-1;. The van der Waals surface area contributed by atoms with Gasteiger partial charge in [0, 0.05) is 32.1 Å². The van der Waals surface area contributed by atoms with Gasteiger partial charge in [0.25, 0.3) is 0 Å². The van der Waals surface area contributed by atoms with Crippen LogP contribution in [0.2, 0.25) is 0 Å². The van der Waals surface area contributed by atoms with Crippen molar-refractivity contribution < 1.29 is 24.5 Å². The van der Waals surface area contributed by atoms with E-state index in [2.05, 4.69) is 16.0 Å². The van der Waals surface area contributed by atoms with Gasteiger partial charge in [-0.15, -0.1) is 18.2 Å². The molecule has 0 amide bonds. The molecule has 0 saturated carbocycles. The van der Waals surface area contributed by atoms with Crippen LogP contribution in [-0.2, 0) is 20.1 Å². The molecule has 1 aromatic carbocycles. The van der Waals surface area contributed by atoms with Gasteiger partial charge in [-0.25, -0.2) is 4.85 Å². The monoisotopic (exact) mass is 379 g/mol. The van der Waals surface area contributed by atoms with Crippen LogP contribution < -0.4 is 0 Å². The van der Waals surface area contributed by atoms with Gasteiger partial charge in [0.2, 0.25) is 5.69 Å². The Labute approximate surface area is 99.7 Å². The van der Waals surface area contributed by atoms with Crippen molar-refractivity contribution in [2.75, 3.05) is 0 Å². The van der Waals surface area contributed by atoms with Gasteiger partial charge in [-0.1, -0.05) is 0 Å². The molecule has 1 radical (unpaired) electrons. The number of halogens is 1. The molecule has 0 saturated heterocycles. The van der Waals surface area contributed by atoms with Crippen molar-refractivity contribution in [2.45, 2.75) is 0 Å². The minimum absolute atomic E-state index is 0. The maximum Gasteiger partial charge on any atom is 0.224 e. The average Bonchev–Trinajstić information content (AvgIpc) is 2.67. The minimum atomic E-state index is -0.341. The summed E-state index contributed by atoms with van der Waals surface area (Å²) in [5, 5.41) is 3.94. The van der Waals surface area contributed by atoms with Crippen LogP contribution in [0.15, 0.2) is 30.6 Å². The third-order valence-corrected chi connectivity index (χ3v) is 1.70. The Kier molecular flexibility index (Phi) is 3.73. The molecular formula is C10H5FIrN3-. The molecule has 0 unspecified atom stereocenters. The molecule has 15 heavy (non-hydrogen) atoms. The first-order valence-electron chi connectivity index (χ1n) is 3.89. The van der Waals surface area contributed by atoms with Crippen LogP contribution in [0.1, 0.15) is 0 Å². The van der Waals surface area contributed by atoms with Crippen molar-refractivity contribution in [3.8, 4) is 5.69 Å². The molecular weight excluding hydrogens is 373 g/mol.